The predicted octanol–water partition coefficient (Wildman–Crippen LogP) is 3.20. The van der Waals surface area contributed by atoms with Crippen molar-refractivity contribution in [1.82, 2.24) is 10.3 Å². The van der Waals surface area contributed by atoms with Crippen molar-refractivity contribution in [2.24, 2.45) is 0 Å². The summed E-state index contributed by atoms with van der Waals surface area (Å²) in [5, 5.41) is 5.18. The van der Waals surface area contributed by atoms with Gasteiger partial charge in [-0.3, -0.25) is 4.98 Å². The van der Waals surface area contributed by atoms with Gasteiger partial charge in [-0.25, -0.2) is 9.18 Å². The lowest BCUT2D eigenvalue weighted by molar-refractivity contribution is 0.251. The molecule has 2 N–H and O–H groups in total. The van der Waals surface area contributed by atoms with Crippen molar-refractivity contribution in [3.8, 4) is 0 Å². The molecule has 1 heterocycles. The summed E-state index contributed by atoms with van der Waals surface area (Å²) in [6, 6.07) is 7.22. The van der Waals surface area contributed by atoms with Gasteiger partial charge in [-0.05, 0) is 29.8 Å². The normalized spacial score (nSPS) is 10.0. The Kier molecular flexibility index (Phi) is 4.30. The van der Waals surface area contributed by atoms with Crippen LogP contribution in [0.5, 0.6) is 0 Å². The Labute approximate surface area is 114 Å². The van der Waals surface area contributed by atoms with E-state index in [0.29, 0.717) is 12.2 Å². The van der Waals surface area contributed by atoms with Crippen LogP contribution in [0.1, 0.15) is 5.56 Å². The Morgan fingerprint density at radius 3 is 2.89 bits per heavy atom. The first-order valence-electron chi connectivity index (χ1n) is 5.54. The van der Waals surface area contributed by atoms with Crippen LogP contribution in [0.15, 0.2) is 42.7 Å². The van der Waals surface area contributed by atoms with E-state index in [1.165, 1.54) is 18.2 Å². The molecule has 0 radical (unpaired) electrons. The Morgan fingerprint density at radius 1 is 1.37 bits per heavy atom. The van der Waals surface area contributed by atoms with Gasteiger partial charge in [0.1, 0.15) is 5.82 Å². The van der Waals surface area contributed by atoms with Crippen LogP contribution >= 0.6 is 11.6 Å². The van der Waals surface area contributed by atoms with Gasteiger partial charge in [0.2, 0.25) is 0 Å². The van der Waals surface area contributed by atoms with Crippen molar-refractivity contribution < 1.29 is 9.18 Å². The number of hydrogen-bond acceptors (Lipinski definition) is 2. The highest BCUT2D eigenvalue weighted by molar-refractivity contribution is 6.31. The molecule has 0 aliphatic carbocycles. The van der Waals surface area contributed by atoms with E-state index in [0.717, 1.165) is 5.56 Å². The van der Waals surface area contributed by atoms with Crippen molar-refractivity contribution in [3.63, 3.8) is 0 Å². The third-order valence-corrected chi connectivity index (χ3v) is 2.64. The van der Waals surface area contributed by atoms with Gasteiger partial charge in [0.05, 0.1) is 5.02 Å². The van der Waals surface area contributed by atoms with Gasteiger partial charge in [0.15, 0.2) is 0 Å². The summed E-state index contributed by atoms with van der Waals surface area (Å²) >= 11 is 5.62. The molecule has 6 heteroatoms. The summed E-state index contributed by atoms with van der Waals surface area (Å²) in [5.41, 5.74) is 1.31. The van der Waals surface area contributed by atoms with E-state index in [9.17, 15) is 9.18 Å². The lowest BCUT2D eigenvalue weighted by Gasteiger charge is -2.08. The zero-order valence-electron chi connectivity index (χ0n) is 9.86. The third-order valence-electron chi connectivity index (χ3n) is 2.35. The van der Waals surface area contributed by atoms with E-state index < -0.39 is 11.8 Å². The van der Waals surface area contributed by atoms with E-state index in [1.54, 1.807) is 18.5 Å². The summed E-state index contributed by atoms with van der Waals surface area (Å²) in [7, 11) is 0. The van der Waals surface area contributed by atoms with Gasteiger partial charge in [0.25, 0.3) is 0 Å². The Hall–Kier alpha value is -2.14. The highest BCUT2D eigenvalue weighted by Crippen LogP contribution is 2.19. The van der Waals surface area contributed by atoms with Crippen molar-refractivity contribution >= 4 is 23.3 Å². The molecule has 2 rings (SSSR count). The van der Waals surface area contributed by atoms with E-state index in [1.807, 2.05) is 6.07 Å². The number of hydrogen-bond donors (Lipinski definition) is 2. The van der Waals surface area contributed by atoms with Crippen molar-refractivity contribution in [2.45, 2.75) is 6.54 Å². The lowest BCUT2D eigenvalue weighted by atomic mass is 10.3. The van der Waals surface area contributed by atoms with Crippen molar-refractivity contribution in [3.05, 3.63) is 59.1 Å². The summed E-state index contributed by atoms with van der Waals surface area (Å²) in [6.45, 7) is 0.356. The van der Waals surface area contributed by atoms with E-state index in [2.05, 4.69) is 15.6 Å². The van der Waals surface area contributed by atoms with Crippen molar-refractivity contribution in [2.75, 3.05) is 5.32 Å². The van der Waals surface area contributed by atoms with Crippen molar-refractivity contribution in [1.29, 1.82) is 0 Å². The summed E-state index contributed by atoms with van der Waals surface area (Å²) in [4.78, 5) is 15.5. The maximum absolute atomic E-state index is 12.9. The maximum atomic E-state index is 12.9. The molecule has 1 aromatic carbocycles. The molecule has 2 amide bonds. The van der Waals surface area contributed by atoms with Gasteiger partial charge < -0.3 is 10.6 Å². The minimum absolute atomic E-state index is 0.0370. The number of pyridine rings is 1. The van der Waals surface area contributed by atoms with Gasteiger partial charge >= 0.3 is 6.03 Å². The van der Waals surface area contributed by atoms with Crippen LogP contribution in [0.4, 0.5) is 14.9 Å². The fourth-order valence-electron chi connectivity index (χ4n) is 1.43. The fourth-order valence-corrected chi connectivity index (χ4v) is 1.61. The zero-order valence-corrected chi connectivity index (χ0v) is 10.6. The zero-order chi connectivity index (χ0) is 13.7. The number of nitrogens with zero attached hydrogens (tertiary/aromatic N) is 1. The molecule has 0 aliphatic heterocycles. The topological polar surface area (TPSA) is 54.0 Å². The monoisotopic (exact) mass is 279 g/mol. The molecule has 0 fully saturated rings. The number of amides is 2. The highest BCUT2D eigenvalue weighted by atomic mass is 35.5. The average molecular weight is 280 g/mol. The van der Waals surface area contributed by atoms with Crippen LogP contribution in [0.25, 0.3) is 0 Å². The quantitative estimate of drug-likeness (QED) is 0.906. The molecule has 1 aromatic heterocycles. The molecule has 4 nitrogen and oxygen atoms in total. The van der Waals surface area contributed by atoms with Crippen LogP contribution in [0, 0.1) is 5.82 Å². The molecule has 2 aromatic rings. The number of benzene rings is 1. The summed E-state index contributed by atoms with van der Waals surface area (Å²) in [5.74, 6) is -0.525. The van der Waals surface area contributed by atoms with Crippen LogP contribution < -0.4 is 10.6 Å². The number of halogens is 2. The molecule has 0 aliphatic rings. The number of carbonyl (C=O) groups is 1. The Bertz CT molecular complexity index is 577. The molecular formula is C13H11ClFN3O. The van der Waals surface area contributed by atoms with Gasteiger partial charge in [-0.1, -0.05) is 17.7 Å². The molecule has 19 heavy (non-hydrogen) atoms. The number of carbonyl (C=O) groups excluding carboxylic acids is 1. The van der Waals surface area contributed by atoms with Crippen LogP contribution in [0.2, 0.25) is 5.02 Å². The number of aromatic nitrogens is 1. The second-order valence-electron chi connectivity index (χ2n) is 3.80. The molecule has 98 valence electrons. The lowest BCUT2D eigenvalue weighted by Crippen LogP contribution is -2.28. The second kappa shape index (κ2) is 6.15. The Balaban J connectivity index is 1.89. The van der Waals surface area contributed by atoms with Crippen LogP contribution in [-0.2, 0) is 6.54 Å². The minimum atomic E-state index is -0.525. The summed E-state index contributed by atoms with van der Waals surface area (Å²) in [6.07, 6.45) is 3.32. The molecule has 0 saturated carbocycles. The first-order chi connectivity index (χ1) is 9.15. The van der Waals surface area contributed by atoms with Gasteiger partial charge in [-0.2, -0.15) is 0 Å². The Morgan fingerprint density at radius 2 is 2.21 bits per heavy atom. The first-order valence-corrected chi connectivity index (χ1v) is 5.92. The SMILES string of the molecule is O=C(NCc1cccnc1)Nc1ccc(F)c(Cl)c1. The number of urea groups is 1. The fraction of sp³-hybridized carbons (Fsp3) is 0.0769. The summed E-state index contributed by atoms with van der Waals surface area (Å²) < 4.78 is 12.9. The van der Waals surface area contributed by atoms with Crippen LogP contribution in [-0.4, -0.2) is 11.0 Å². The number of anilines is 1. The minimum Gasteiger partial charge on any atom is -0.334 e. The second-order valence-corrected chi connectivity index (χ2v) is 4.21. The van der Waals surface area contributed by atoms with E-state index in [4.69, 9.17) is 11.6 Å². The van der Waals surface area contributed by atoms with Gasteiger partial charge in [0, 0.05) is 24.6 Å². The molecular weight excluding hydrogens is 269 g/mol. The first kappa shape index (κ1) is 13.3. The molecule has 0 bridgehead atoms. The smallest absolute Gasteiger partial charge is 0.319 e. The average Bonchev–Trinajstić information content (AvgIpc) is 2.42. The molecule has 0 atom stereocenters. The standard InChI is InChI=1S/C13H11ClFN3O/c14-11-6-10(3-4-12(11)15)18-13(19)17-8-9-2-1-5-16-7-9/h1-7H,8H2,(H2,17,18,19). The highest BCUT2D eigenvalue weighted by Gasteiger charge is 2.04. The number of nitrogens with one attached hydrogen (secondary N) is 2. The third kappa shape index (κ3) is 3.93. The molecule has 0 spiro atoms. The molecule has 0 saturated heterocycles. The largest absolute Gasteiger partial charge is 0.334 e. The van der Waals surface area contributed by atoms with Gasteiger partial charge in [-0.15, -0.1) is 0 Å². The van der Waals surface area contributed by atoms with E-state index in [-0.39, 0.29) is 5.02 Å². The molecule has 0 unspecified atom stereocenters. The number of rotatable bonds is 3. The van der Waals surface area contributed by atoms with E-state index >= 15 is 0 Å². The maximum Gasteiger partial charge on any atom is 0.319 e. The van der Waals surface area contributed by atoms with Crippen LogP contribution in [0.3, 0.4) is 0 Å². The predicted molar refractivity (Wildman–Crippen MR) is 71.5 cm³/mol.